The Balaban J connectivity index is 1.92. The molecule has 9 heteroatoms. The van der Waals surface area contributed by atoms with Crippen LogP contribution in [-0.4, -0.2) is 37.3 Å². The molecule has 3 aromatic rings. The van der Waals surface area contributed by atoms with E-state index in [0.29, 0.717) is 36.9 Å². The number of carbonyl (C=O) groups excluding carboxylic acids is 1. The smallest absolute Gasteiger partial charge is 0.338 e. The van der Waals surface area contributed by atoms with Crippen molar-refractivity contribution in [2.45, 2.75) is 33.7 Å². The Morgan fingerprint density at radius 1 is 1.19 bits per heavy atom. The summed E-state index contributed by atoms with van der Waals surface area (Å²) in [6.07, 6.45) is 1.81. The van der Waals surface area contributed by atoms with Crippen molar-refractivity contribution in [1.29, 1.82) is 0 Å². The van der Waals surface area contributed by atoms with Gasteiger partial charge >= 0.3 is 5.97 Å². The average molecular weight is 540 g/mol. The SMILES string of the molecule is CCOC(=O)C1=C(C)N=c2sc(=Cc3ccc(N(CC)CC)cc3OC)c(=O)n2C1c1ccccc1Cl. The Morgan fingerprint density at radius 2 is 1.92 bits per heavy atom. The summed E-state index contributed by atoms with van der Waals surface area (Å²) < 4.78 is 13.0. The molecule has 1 unspecified atom stereocenters. The van der Waals surface area contributed by atoms with Crippen LogP contribution in [-0.2, 0) is 9.53 Å². The number of hydrogen-bond acceptors (Lipinski definition) is 7. The largest absolute Gasteiger partial charge is 0.496 e. The number of esters is 1. The number of fused-ring (bicyclic) bond motifs is 1. The number of anilines is 1. The second-order valence-electron chi connectivity index (χ2n) is 8.42. The van der Waals surface area contributed by atoms with Crippen LogP contribution in [0.5, 0.6) is 5.75 Å². The average Bonchev–Trinajstić information content (AvgIpc) is 3.19. The maximum absolute atomic E-state index is 13.8. The quantitative estimate of drug-likeness (QED) is 0.399. The van der Waals surface area contributed by atoms with E-state index >= 15 is 0 Å². The van der Waals surface area contributed by atoms with Crippen molar-refractivity contribution in [2.75, 3.05) is 31.7 Å². The fraction of sp³-hybridized carbons (Fsp3) is 0.321. The molecule has 1 aliphatic rings. The van der Waals surface area contributed by atoms with Gasteiger partial charge in [0.15, 0.2) is 4.80 Å². The molecule has 0 spiro atoms. The van der Waals surface area contributed by atoms with E-state index in [1.165, 1.54) is 15.9 Å². The summed E-state index contributed by atoms with van der Waals surface area (Å²) in [7, 11) is 1.62. The molecule has 0 saturated carbocycles. The zero-order chi connectivity index (χ0) is 26.7. The number of allylic oxidation sites excluding steroid dienone is 1. The van der Waals surface area contributed by atoms with Crippen molar-refractivity contribution >= 4 is 40.7 Å². The van der Waals surface area contributed by atoms with Crippen LogP contribution in [0.2, 0.25) is 5.02 Å². The second kappa shape index (κ2) is 11.4. The molecule has 0 N–H and O–H groups in total. The van der Waals surface area contributed by atoms with Gasteiger partial charge < -0.3 is 14.4 Å². The first-order valence-corrected chi connectivity index (χ1v) is 13.4. The van der Waals surface area contributed by atoms with Crippen LogP contribution in [0.3, 0.4) is 0 Å². The summed E-state index contributed by atoms with van der Waals surface area (Å²) in [4.78, 5) is 34.2. The number of rotatable bonds is 8. The Bertz CT molecular complexity index is 1540. The second-order valence-corrected chi connectivity index (χ2v) is 9.84. The van der Waals surface area contributed by atoms with E-state index in [0.717, 1.165) is 24.3 Å². The molecule has 0 amide bonds. The fourth-order valence-electron chi connectivity index (χ4n) is 4.53. The Labute approximate surface area is 224 Å². The summed E-state index contributed by atoms with van der Waals surface area (Å²) in [6, 6.07) is 12.4. The highest BCUT2D eigenvalue weighted by Crippen LogP contribution is 2.34. The van der Waals surface area contributed by atoms with Gasteiger partial charge in [0, 0.05) is 35.4 Å². The summed E-state index contributed by atoms with van der Waals surface area (Å²) in [6.45, 7) is 9.66. The zero-order valence-corrected chi connectivity index (χ0v) is 23.2. The number of hydrogen-bond donors (Lipinski definition) is 0. The third-order valence-corrected chi connectivity index (χ3v) is 7.68. The molecule has 0 bridgehead atoms. The summed E-state index contributed by atoms with van der Waals surface area (Å²) in [5.74, 6) is 0.151. The van der Waals surface area contributed by atoms with Crippen LogP contribution < -0.4 is 24.5 Å². The van der Waals surface area contributed by atoms with Gasteiger partial charge in [-0.05, 0) is 57.5 Å². The van der Waals surface area contributed by atoms with E-state index < -0.39 is 12.0 Å². The summed E-state index contributed by atoms with van der Waals surface area (Å²) >= 11 is 7.83. The van der Waals surface area contributed by atoms with Gasteiger partial charge in [-0.1, -0.05) is 41.1 Å². The lowest BCUT2D eigenvalue weighted by molar-refractivity contribution is -0.139. The summed E-state index contributed by atoms with van der Waals surface area (Å²) in [5, 5.41) is 0.451. The minimum atomic E-state index is -0.752. The maximum Gasteiger partial charge on any atom is 0.338 e. The van der Waals surface area contributed by atoms with Gasteiger partial charge in [0.25, 0.3) is 5.56 Å². The van der Waals surface area contributed by atoms with Crippen LogP contribution in [0, 0.1) is 0 Å². The normalized spacial score (nSPS) is 15.3. The van der Waals surface area contributed by atoms with E-state index in [9.17, 15) is 9.59 Å². The molecule has 2 aromatic carbocycles. The van der Waals surface area contributed by atoms with Crippen molar-refractivity contribution in [1.82, 2.24) is 4.57 Å². The number of aromatic nitrogens is 1. The molecule has 0 aliphatic carbocycles. The van der Waals surface area contributed by atoms with E-state index in [1.54, 1.807) is 27.0 Å². The van der Waals surface area contributed by atoms with E-state index in [-0.39, 0.29) is 12.2 Å². The molecule has 37 heavy (non-hydrogen) atoms. The van der Waals surface area contributed by atoms with E-state index in [1.807, 2.05) is 42.5 Å². The first-order chi connectivity index (χ1) is 17.8. The first kappa shape index (κ1) is 26.7. The molecule has 1 atom stereocenters. The number of ether oxygens (including phenoxy) is 2. The van der Waals surface area contributed by atoms with Crippen molar-refractivity contribution in [2.24, 2.45) is 4.99 Å². The van der Waals surface area contributed by atoms with Crippen molar-refractivity contribution in [3.05, 3.63) is 89.6 Å². The van der Waals surface area contributed by atoms with Crippen LogP contribution >= 0.6 is 22.9 Å². The number of thiazole rings is 1. The van der Waals surface area contributed by atoms with Gasteiger partial charge in [0.1, 0.15) is 11.8 Å². The molecule has 0 radical (unpaired) electrons. The topological polar surface area (TPSA) is 73.1 Å². The summed E-state index contributed by atoms with van der Waals surface area (Å²) in [5.41, 5.74) is 2.99. The van der Waals surface area contributed by atoms with Crippen LogP contribution in [0.25, 0.3) is 6.08 Å². The lowest BCUT2D eigenvalue weighted by Gasteiger charge is -2.25. The highest BCUT2D eigenvalue weighted by atomic mass is 35.5. The molecule has 4 rings (SSSR count). The molecule has 1 aromatic heterocycles. The third kappa shape index (κ3) is 5.08. The van der Waals surface area contributed by atoms with Gasteiger partial charge in [-0.3, -0.25) is 9.36 Å². The van der Waals surface area contributed by atoms with Gasteiger partial charge in [0.2, 0.25) is 0 Å². The standard InChI is InChI=1S/C28H30ClN3O4S/c1-6-31(7-2)19-14-13-18(22(16-19)35-5)15-23-26(33)32-25(20-11-9-10-12-21(20)29)24(27(34)36-8-3)17(4)30-28(32)37-23/h9-16,25H,6-8H2,1-5H3. The number of halogens is 1. The van der Waals surface area contributed by atoms with Gasteiger partial charge in [0.05, 0.1) is 29.5 Å². The monoisotopic (exact) mass is 539 g/mol. The molecule has 0 saturated heterocycles. The minimum Gasteiger partial charge on any atom is -0.496 e. The van der Waals surface area contributed by atoms with Crippen molar-refractivity contribution < 1.29 is 14.3 Å². The fourth-order valence-corrected chi connectivity index (χ4v) is 5.80. The van der Waals surface area contributed by atoms with E-state index in [4.69, 9.17) is 21.1 Å². The lowest BCUT2D eigenvalue weighted by Crippen LogP contribution is -2.40. The predicted molar refractivity (Wildman–Crippen MR) is 148 cm³/mol. The Hall–Kier alpha value is -3.36. The predicted octanol–water partition coefficient (Wildman–Crippen LogP) is 4.31. The van der Waals surface area contributed by atoms with Crippen molar-refractivity contribution in [3.63, 3.8) is 0 Å². The lowest BCUT2D eigenvalue weighted by atomic mass is 9.96. The molecule has 2 heterocycles. The molecule has 7 nitrogen and oxygen atoms in total. The highest BCUT2D eigenvalue weighted by Gasteiger charge is 2.34. The number of benzene rings is 2. The minimum absolute atomic E-state index is 0.207. The van der Waals surface area contributed by atoms with Crippen LogP contribution in [0.4, 0.5) is 5.69 Å². The van der Waals surface area contributed by atoms with Crippen LogP contribution in [0.1, 0.15) is 44.9 Å². The number of nitrogens with zero attached hydrogens (tertiary/aromatic N) is 3. The molecule has 194 valence electrons. The number of methoxy groups -OCH3 is 1. The highest BCUT2D eigenvalue weighted by molar-refractivity contribution is 7.07. The van der Waals surface area contributed by atoms with Gasteiger partial charge in [-0.15, -0.1) is 0 Å². The molecule has 1 aliphatic heterocycles. The van der Waals surface area contributed by atoms with Gasteiger partial charge in [-0.2, -0.15) is 0 Å². The third-order valence-electron chi connectivity index (χ3n) is 6.35. The zero-order valence-electron chi connectivity index (χ0n) is 21.6. The van der Waals surface area contributed by atoms with Gasteiger partial charge in [-0.25, -0.2) is 9.79 Å². The van der Waals surface area contributed by atoms with Crippen molar-refractivity contribution in [3.8, 4) is 5.75 Å². The maximum atomic E-state index is 13.8. The molecule has 0 fully saturated rings. The molecular formula is C28H30ClN3O4S. The van der Waals surface area contributed by atoms with Crippen LogP contribution in [0.15, 0.2) is 63.5 Å². The Morgan fingerprint density at radius 3 is 2.57 bits per heavy atom. The first-order valence-electron chi connectivity index (χ1n) is 12.2. The molecular weight excluding hydrogens is 510 g/mol. The van der Waals surface area contributed by atoms with E-state index in [2.05, 4.69) is 23.7 Å². The number of carbonyl (C=O) groups is 1. The Kier molecular flexibility index (Phi) is 8.19.